The summed E-state index contributed by atoms with van der Waals surface area (Å²) in [7, 11) is 0. The van der Waals surface area contributed by atoms with Crippen LogP contribution in [0.1, 0.15) is 40.4 Å². The maximum Gasteiger partial charge on any atom is 0.336 e. The van der Waals surface area contributed by atoms with Gasteiger partial charge in [0.05, 0.1) is 5.56 Å². The Morgan fingerprint density at radius 3 is 2.68 bits per heavy atom. The Morgan fingerprint density at radius 1 is 1.11 bits per heavy atom. The van der Waals surface area contributed by atoms with Gasteiger partial charge in [0.2, 0.25) is 0 Å². The zero-order valence-corrected chi connectivity index (χ0v) is 15.7. The van der Waals surface area contributed by atoms with Crippen molar-refractivity contribution >= 4 is 5.97 Å². The third-order valence-electron chi connectivity index (χ3n) is 5.36. The molecule has 2 heterocycles. The summed E-state index contributed by atoms with van der Waals surface area (Å²) in [6.07, 6.45) is 5.77. The summed E-state index contributed by atoms with van der Waals surface area (Å²) in [6.45, 7) is 2.98. The van der Waals surface area contributed by atoms with Gasteiger partial charge in [-0.05, 0) is 48.2 Å². The number of benzene rings is 2. The van der Waals surface area contributed by atoms with Crippen molar-refractivity contribution in [2.45, 2.75) is 25.3 Å². The molecule has 0 unspecified atom stereocenters. The lowest BCUT2D eigenvalue weighted by atomic mass is 9.94. The largest absolute Gasteiger partial charge is 0.478 e. The summed E-state index contributed by atoms with van der Waals surface area (Å²) in [5, 5.41) is 9.40. The SMILES string of the molecule is O=C(O)c1ccccc1-c1ccc(CN2CCC[C@H](c3ccncn3)C2)cc1. The van der Waals surface area contributed by atoms with Gasteiger partial charge in [-0.1, -0.05) is 42.5 Å². The molecule has 0 saturated carbocycles. The Morgan fingerprint density at radius 2 is 1.93 bits per heavy atom. The number of aromatic nitrogens is 2. The van der Waals surface area contributed by atoms with Crippen molar-refractivity contribution in [2.75, 3.05) is 13.1 Å². The lowest BCUT2D eigenvalue weighted by Gasteiger charge is -2.32. The molecule has 1 saturated heterocycles. The van der Waals surface area contributed by atoms with Gasteiger partial charge in [-0.2, -0.15) is 0 Å². The van der Waals surface area contributed by atoms with Crippen molar-refractivity contribution in [2.24, 2.45) is 0 Å². The second kappa shape index (κ2) is 8.31. The summed E-state index contributed by atoms with van der Waals surface area (Å²) < 4.78 is 0. The Labute approximate surface area is 164 Å². The van der Waals surface area contributed by atoms with Gasteiger partial charge in [0.1, 0.15) is 6.33 Å². The molecule has 0 radical (unpaired) electrons. The topological polar surface area (TPSA) is 66.3 Å². The number of hydrogen-bond donors (Lipinski definition) is 1. The first kappa shape index (κ1) is 18.3. The molecule has 28 heavy (non-hydrogen) atoms. The Kier molecular flexibility index (Phi) is 5.44. The van der Waals surface area contributed by atoms with E-state index >= 15 is 0 Å². The van der Waals surface area contributed by atoms with Crippen molar-refractivity contribution in [3.8, 4) is 11.1 Å². The summed E-state index contributed by atoms with van der Waals surface area (Å²) in [5.74, 6) is -0.442. The predicted octanol–water partition coefficient (Wildman–Crippen LogP) is 4.22. The molecule has 1 N–H and O–H groups in total. The molecule has 1 aliphatic rings. The minimum Gasteiger partial charge on any atom is -0.478 e. The molecule has 142 valence electrons. The zero-order valence-electron chi connectivity index (χ0n) is 15.7. The number of piperidine rings is 1. The molecule has 2 aromatic carbocycles. The number of hydrogen-bond acceptors (Lipinski definition) is 4. The van der Waals surface area contributed by atoms with Crippen molar-refractivity contribution in [3.63, 3.8) is 0 Å². The predicted molar refractivity (Wildman–Crippen MR) is 108 cm³/mol. The fourth-order valence-electron chi connectivity index (χ4n) is 3.95. The lowest BCUT2D eigenvalue weighted by Crippen LogP contribution is -2.34. The quantitative estimate of drug-likeness (QED) is 0.725. The third kappa shape index (κ3) is 4.10. The van der Waals surface area contributed by atoms with Gasteiger partial charge in [0, 0.05) is 30.9 Å². The van der Waals surface area contributed by atoms with Gasteiger partial charge in [-0.25, -0.2) is 14.8 Å². The highest BCUT2D eigenvalue weighted by Crippen LogP contribution is 2.27. The van der Waals surface area contributed by atoms with E-state index in [4.69, 9.17) is 0 Å². The van der Waals surface area contributed by atoms with Crippen molar-refractivity contribution in [3.05, 3.63) is 83.9 Å². The average Bonchev–Trinajstić information content (AvgIpc) is 2.75. The van der Waals surface area contributed by atoms with E-state index in [1.807, 2.05) is 36.5 Å². The second-order valence-electron chi connectivity index (χ2n) is 7.26. The summed E-state index contributed by atoms with van der Waals surface area (Å²) in [6, 6.07) is 17.4. The van der Waals surface area contributed by atoms with E-state index in [1.165, 1.54) is 18.4 Å². The maximum absolute atomic E-state index is 11.5. The minimum atomic E-state index is -0.899. The molecule has 1 aromatic heterocycles. The summed E-state index contributed by atoms with van der Waals surface area (Å²) in [4.78, 5) is 22.4. The number of likely N-dealkylation sites (tertiary alicyclic amines) is 1. The molecule has 0 amide bonds. The monoisotopic (exact) mass is 373 g/mol. The highest BCUT2D eigenvalue weighted by atomic mass is 16.4. The highest BCUT2D eigenvalue weighted by molar-refractivity contribution is 5.95. The molecule has 5 nitrogen and oxygen atoms in total. The van der Waals surface area contributed by atoms with E-state index in [0.717, 1.165) is 36.5 Å². The van der Waals surface area contributed by atoms with Gasteiger partial charge in [-0.3, -0.25) is 4.90 Å². The van der Waals surface area contributed by atoms with Crippen LogP contribution < -0.4 is 0 Å². The van der Waals surface area contributed by atoms with Gasteiger partial charge in [0.25, 0.3) is 0 Å². The van der Waals surface area contributed by atoms with Crippen LogP contribution in [0.25, 0.3) is 11.1 Å². The number of aromatic carboxylic acids is 1. The Balaban J connectivity index is 1.46. The fourth-order valence-corrected chi connectivity index (χ4v) is 3.95. The van der Waals surface area contributed by atoms with Gasteiger partial charge >= 0.3 is 5.97 Å². The summed E-state index contributed by atoms with van der Waals surface area (Å²) in [5.41, 5.74) is 4.38. The summed E-state index contributed by atoms with van der Waals surface area (Å²) >= 11 is 0. The van der Waals surface area contributed by atoms with Crippen LogP contribution in [0.4, 0.5) is 0 Å². The Hall–Kier alpha value is -3.05. The first-order chi connectivity index (χ1) is 13.7. The van der Waals surface area contributed by atoms with Crippen LogP contribution >= 0.6 is 0 Å². The molecule has 0 aliphatic carbocycles. The molecule has 1 atom stereocenters. The van der Waals surface area contributed by atoms with Crippen LogP contribution in [-0.4, -0.2) is 39.0 Å². The van der Waals surface area contributed by atoms with Crippen LogP contribution in [0.15, 0.2) is 67.1 Å². The standard InChI is InChI=1S/C23H23N3O2/c27-23(28)21-6-2-1-5-20(21)18-9-7-17(8-10-18)14-26-13-3-4-19(15-26)22-11-12-24-16-25-22/h1-2,5-12,16,19H,3-4,13-15H2,(H,27,28)/t19-/m0/s1. The minimum absolute atomic E-state index is 0.332. The Bertz CT molecular complexity index is 942. The number of nitrogens with zero attached hydrogens (tertiary/aromatic N) is 3. The van der Waals surface area contributed by atoms with Gasteiger partial charge in [0.15, 0.2) is 0 Å². The molecule has 0 spiro atoms. The van der Waals surface area contributed by atoms with Crippen molar-refractivity contribution in [1.82, 2.24) is 14.9 Å². The van der Waals surface area contributed by atoms with Crippen LogP contribution in [0.3, 0.4) is 0 Å². The van der Waals surface area contributed by atoms with E-state index < -0.39 is 5.97 Å². The van der Waals surface area contributed by atoms with Crippen LogP contribution in [0.2, 0.25) is 0 Å². The van der Waals surface area contributed by atoms with E-state index in [0.29, 0.717) is 11.5 Å². The van der Waals surface area contributed by atoms with E-state index in [9.17, 15) is 9.90 Å². The molecule has 0 bridgehead atoms. The number of carboxylic acid groups (broad SMARTS) is 1. The first-order valence-electron chi connectivity index (χ1n) is 9.60. The van der Waals surface area contributed by atoms with E-state index in [-0.39, 0.29) is 0 Å². The van der Waals surface area contributed by atoms with Gasteiger partial charge < -0.3 is 5.11 Å². The maximum atomic E-state index is 11.5. The van der Waals surface area contributed by atoms with Crippen LogP contribution in [0.5, 0.6) is 0 Å². The molecule has 1 fully saturated rings. The average molecular weight is 373 g/mol. The third-order valence-corrected chi connectivity index (χ3v) is 5.36. The van der Waals surface area contributed by atoms with Crippen molar-refractivity contribution in [1.29, 1.82) is 0 Å². The molecular weight excluding hydrogens is 350 g/mol. The van der Waals surface area contributed by atoms with E-state index in [2.05, 4.69) is 27.0 Å². The fraction of sp³-hybridized carbons (Fsp3) is 0.261. The number of carbonyl (C=O) groups is 1. The number of rotatable bonds is 5. The number of carboxylic acids is 1. The van der Waals surface area contributed by atoms with Gasteiger partial charge in [-0.15, -0.1) is 0 Å². The lowest BCUT2D eigenvalue weighted by molar-refractivity contribution is 0.0697. The van der Waals surface area contributed by atoms with Crippen LogP contribution in [-0.2, 0) is 6.54 Å². The van der Waals surface area contributed by atoms with Crippen molar-refractivity contribution < 1.29 is 9.90 Å². The van der Waals surface area contributed by atoms with E-state index in [1.54, 1.807) is 18.5 Å². The zero-order chi connectivity index (χ0) is 19.3. The molecular formula is C23H23N3O2. The molecule has 3 aromatic rings. The first-order valence-corrected chi connectivity index (χ1v) is 9.60. The normalized spacial score (nSPS) is 17.4. The second-order valence-corrected chi connectivity index (χ2v) is 7.26. The molecule has 4 rings (SSSR count). The van der Waals surface area contributed by atoms with Crippen LogP contribution in [0, 0.1) is 0 Å². The highest BCUT2D eigenvalue weighted by Gasteiger charge is 2.22. The smallest absolute Gasteiger partial charge is 0.336 e. The molecule has 5 heteroatoms. The molecule has 1 aliphatic heterocycles.